The van der Waals surface area contributed by atoms with Gasteiger partial charge in [0.05, 0.1) is 0 Å². The minimum Gasteiger partial charge on any atom is -0.483 e. The molecule has 1 aliphatic rings. The highest BCUT2D eigenvalue weighted by atomic mass is 19.1. The zero-order valence-corrected chi connectivity index (χ0v) is 12.9. The summed E-state index contributed by atoms with van der Waals surface area (Å²) in [4.78, 5) is 13.7. The van der Waals surface area contributed by atoms with E-state index in [1.807, 2.05) is 13.8 Å². The molecule has 1 aromatic rings. The normalized spacial score (nSPS) is 14.3. The highest BCUT2D eigenvalue weighted by molar-refractivity contribution is 5.78. The van der Waals surface area contributed by atoms with Gasteiger partial charge in [0.25, 0.3) is 5.91 Å². The lowest BCUT2D eigenvalue weighted by Crippen LogP contribution is -2.33. The van der Waals surface area contributed by atoms with Crippen molar-refractivity contribution in [1.29, 1.82) is 0 Å². The molecule has 5 heteroatoms. The first-order valence-electron chi connectivity index (χ1n) is 7.37. The van der Waals surface area contributed by atoms with Crippen LogP contribution in [0.25, 0.3) is 0 Å². The molecular weight excluding hydrogens is 271 g/mol. The largest absolute Gasteiger partial charge is 0.483 e. The fraction of sp³-hybridized carbons (Fsp3) is 0.562. The second-order valence-electron chi connectivity index (χ2n) is 5.81. The average molecular weight is 294 g/mol. The molecule has 2 rings (SSSR count). The predicted octanol–water partition coefficient (Wildman–Crippen LogP) is 2.32. The Morgan fingerprint density at radius 3 is 2.81 bits per heavy atom. The second kappa shape index (κ2) is 6.89. The third-order valence-electron chi connectivity index (χ3n) is 3.56. The number of hydrogen-bond acceptors (Lipinski definition) is 3. The summed E-state index contributed by atoms with van der Waals surface area (Å²) >= 11 is 0. The van der Waals surface area contributed by atoms with E-state index in [0.29, 0.717) is 24.4 Å². The summed E-state index contributed by atoms with van der Waals surface area (Å²) in [7, 11) is 1.80. The molecular formula is C16H23FN2O2. The Bertz CT molecular complexity index is 501. The highest BCUT2D eigenvalue weighted by Gasteiger charge is 2.29. The summed E-state index contributed by atoms with van der Waals surface area (Å²) in [6.07, 6.45) is 2.14. The number of nitrogens with one attached hydrogen (secondary N) is 1. The molecule has 1 amide bonds. The number of carbonyl (C=O) groups excluding carboxylic acids is 1. The summed E-state index contributed by atoms with van der Waals surface area (Å²) in [6, 6.07) is 5.04. The van der Waals surface area contributed by atoms with Crippen LogP contribution in [0, 0.1) is 5.82 Å². The van der Waals surface area contributed by atoms with Gasteiger partial charge in [-0.15, -0.1) is 0 Å². The van der Waals surface area contributed by atoms with Crippen molar-refractivity contribution in [3.8, 4) is 5.75 Å². The first kappa shape index (κ1) is 15.8. The van der Waals surface area contributed by atoms with Crippen LogP contribution in [0.15, 0.2) is 18.2 Å². The number of rotatable bonds is 7. The van der Waals surface area contributed by atoms with E-state index in [9.17, 15) is 9.18 Å². The maximum Gasteiger partial charge on any atom is 0.260 e. The highest BCUT2D eigenvalue weighted by Crippen LogP contribution is 2.25. The van der Waals surface area contributed by atoms with Crippen LogP contribution in [0.1, 0.15) is 32.3 Å². The van der Waals surface area contributed by atoms with Gasteiger partial charge in [-0.2, -0.15) is 0 Å². The van der Waals surface area contributed by atoms with Crippen molar-refractivity contribution in [2.45, 2.75) is 45.3 Å². The van der Waals surface area contributed by atoms with Crippen LogP contribution in [-0.2, 0) is 11.3 Å². The molecule has 0 heterocycles. The van der Waals surface area contributed by atoms with Crippen molar-refractivity contribution in [1.82, 2.24) is 10.2 Å². The van der Waals surface area contributed by atoms with E-state index in [4.69, 9.17) is 4.74 Å². The Balaban J connectivity index is 1.96. The molecule has 1 fully saturated rings. The molecule has 0 radical (unpaired) electrons. The zero-order valence-electron chi connectivity index (χ0n) is 12.9. The first-order valence-corrected chi connectivity index (χ1v) is 7.37. The van der Waals surface area contributed by atoms with Gasteiger partial charge in [-0.3, -0.25) is 4.79 Å². The van der Waals surface area contributed by atoms with Gasteiger partial charge in [0.15, 0.2) is 6.61 Å². The van der Waals surface area contributed by atoms with Crippen LogP contribution < -0.4 is 10.1 Å². The molecule has 1 N–H and O–H groups in total. The fourth-order valence-electron chi connectivity index (χ4n) is 2.05. The monoisotopic (exact) mass is 294 g/mol. The van der Waals surface area contributed by atoms with E-state index in [0.717, 1.165) is 18.4 Å². The molecule has 21 heavy (non-hydrogen) atoms. The third-order valence-corrected chi connectivity index (χ3v) is 3.56. The second-order valence-corrected chi connectivity index (χ2v) is 5.81. The van der Waals surface area contributed by atoms with Crippen molar-refractivity contribution >= 4 is 5.91 Å². The lowest BCUT2D eigenvalue weighted by Gasteiger charge is -2.18. The van der Waals surface area contributed by atoms with Gasteiger partial charge < -0.3 is 15.0 Å². The van der Waals surface area contributed by atoms with Crippen LogP contribution in [0.3, 0.4) is 0 Å². The number of benzene rings is 1. The minimum absolute atomic E-state index is 0.00664. The summed E-state index contributed by atoms with van der Waals surface area (Å²) in [5, 5.41) is 3.23. The van der Waals surface area contributed by atoms with E-state index >= 15 is 0 Å². The number of ether oxygens (including phenoxy) is 1. The number of halogens is 1. The van der Waals surface area contributed by atoms with Gasteiger partial charge in [0.1, 0.15) is 11.6 Å². The van der Waals surface area contributed by atoms with Gasteiger partial charge in [-0.1, -0.05) is 13.8 Å². The Hall–Kier alpha value is -1.62. The van der Waals surface area contributed by atoms with E-state index in [1.165, 1.54) is 12.1 Å². The van der Waals surface area contributed by atoms with Crippen LogP contribution in [0.2, 0.25) is 0 Å². The maximum atomic E-state index is 13.4. The topological polar surface area (TPSA) is 41.6 Å². The number of carbonyl (C=O) groups is 1. The Morgan fingerprint density at radius 2 is 2.19 bits per heavy atom. The molecule has 0 aliphatic heterocycles. The Labute approximate surface area is 125 Å². The smallest absolute Gasteiger partial charge is 0.260 e. The fourth-order valence-corrected chi connectivity index (χ4v) is 2.05. The summed E-state index contributed by atoms with van der Waals surface area (Å²) in [5.74, 6) is 0.219. The van der Waals surface area contributed by atoms with Crippen molar-refractivity contribution in [2.75, 3.05) is 13.7 Å². The molecule has 4 nitrogen and oxygen atoms in total. The summed E-state index contributed by atoms with van der Waals surface area (Å²) < 4.78 is 18.9. The van der Waals surface area contributed by atoms with Crippen LogP contribution in [0.4, 0.5) is 4.39 Å². The zero-order chi connectivity index (χ0) is 15.4. The van der Waals surface area contributed by atoms with Crippen molar-refractivity contribution in [3.05, 3.63) is 29.6 Å². The SMILES string of the molecule is CC(C)NCc1cc(F)ccc1OCC(=O)N(C)C1CC1. The Kier molecular flexibility index (Phi) is 5.17. The van der Waals surface area contributed by atoms with Gasteiger partial charge in [0.2, 0.25) is 0 Å². The predicted molar refractivity (Wildman–Crippen MR) is 79.7 cm³/mol. The molecule has 1 aliphatic carbocycles. The van der Waals surface area contributed by atoms with E-state index in [-0.39, 0.29) is 18.3 Å². The van der Waals surface area contributed by atoms with Crippen molar-refractivity contribution in [3.63, 3.8) is 0 Å². The summed E-state index contributed by atoms with van der Waals surface area (Å²) in [6.45, 7) is 4.55. The maximum absolute atomic E-state index is 13.4. The number of nitrogens with zero attached hydrogens (tertiary/aromatic N) is 1. The molecule has 1 saturated carbocycles. The van der Waals surface area contributed by atoms with Gasteiger partial charge in [-0.25, -0.2) is 4.39 Å². The first-order chi connectivity index (χ1) is 9.97. The molecule has 0 atom stereocenters. The number of likely N-dealkylation sites (N-methyl/N-ethyl adjacent to an activating group) is 1. The molecule has 1 aromatic carbocycles. The number of hydrogen-bond donors (Lipinski definition) is 1. The van der Waals surface area contributed by atoms with E-state index < -0.39 is 0 Å². The lowest BCUT2D eigenvalue weighted by atomic mass is 10.2. The van der Waals surface area contributed by atoms with Crippen molar-refractivity contribution in [2.24, 2.45) is 0 Å². The van der Waals surface area contributed by atoms with Crippen LogP contribution >= 0.6 is 0 Å². The van der Waals surface area contributed by atoms with Crippen LogP contribution in [-0.4, -0.2) is 36.5 Å². The molecule has 116 valence electrons. The molecule has 0 aromatic heterocycles. The van der Waals surface area contributed by atoms with Gasteiger partial charge in [-0.05, 0) is 31.0 Å². The Morgan fingerprint density at radius 1 is 1.48 bits per heavy atom. The van der Waals surface area contributed by atoms with Gasteiger partial charge in [0, 0.05) is 31.2 Å². The van der Waals surface area contributed by atoms with E-state index in [2.05, 4.69) is 5.32 Å². The molecule has 0 saturated heterocycles. The van der Waals surface area contributed by atoms with E-state index in [1.54, 1.807) is 18.0 Å². The minimum atomic E-state index is -0.302. The van der Waals surface area contributed by atoms with Crippen molar-refractivity contribution < 1.29 is 13.9 Å². The quantitative estimate of drug-likeness (QED) is 0.839. The van der Waals surface area contributed by atoms with Gasteiger partial charge >= 0.3 is 0 Å². The standard InChI is InChI=1S/C16H23FN2O2/c1-11(2)18-9-12-8-13(17)4-7-15(12)21-10-16(20)19(3)14-5-6-14/h4,7-8,11,14,18H,5-6,9-10H2,1-3H3. The molecule has 0 spiro atoms. The molecule has 0 unspecified atom stereocenters. The molecule has 0 bridgehead atoms. The summed E-state index contributed by atoms with van der Waals surface area (Å²) in [5.41, 5.74) is 0.727. The lowest BCUT2D eigenvalue weighted by molar-refractivity contribution is -0.132. The average Bonchev–Trinajstić information content (AvgIpc) is 3.27. The third kappa shape index (κ3) is 4.70. The van der Waals surface area contributed by atoms with Crippen LogP contribution in [0.5, 0.6) is 5.75 Å². The number of amides is 1.